The van der Waals surface area contributed by atoms with E-state index in [1.54, 1.807) is 30.3 Å². The molecule has 7 nitrogen and oxygen atoms in total. The van der Waals surface area contributed by atoms with Crippen molar-refractivity contribution in [2.24, 2.45) is 0 Å². The topological polar surface area (TPSA) is 82.9 Å². The van der Waals surface area contributed by atoms with E-state index in [0.717, 1.165) is 35.3 Å². The zero-order chi connectivity index (χ0) is 19.8. The Bertz CT molecular complexity index is 1010. The maximum absolute atomic E-state index is 12.9. The lowest BCUT2D eigenvalue weighted by Crippen LogP contribution is -2.54. The lowest BCUT2D eigenvalue weighted by molar-refractivity contribution is -0.122. The second-order valence-corrected chi connectivity index (χ2v) is 8.20. The highest BCUT2D eigenvalue weighted by Crippen LogP contribution is 2.34. The van der Waals surface area contributed by atoms with Crippen LogP contribution < -0.4 is 15.1 Å². The van der Waals surface area contributed by atoms with E-state index in [-0.39, 0.29) is 5.57 Å². The number of carbonyl (C=O) groups is 3. The Balaban J connectivity index is 1.68. The molecule has 1 aromatic carbocycles. The molecule has 0 saturated carbocycles. The number of carbonyl (C=O) groups excluding carboxylic acids is 3. The zero-order valence-electron chi connectivity index (χ0n) is 14.6. The molecule has 0 radical (unpaired) electrons. The second-order valence-electron chi connectivity index (χ2n) is 6.43. The van der Waals surface area contributed by atoms with Crippen molar-refractivity contribution in [1.29, 1.82) is 0 Å². The molecule has 2 aliphatic heterocycles. The molecule has 0 aliphatic carbocycles. The van der Waals surface area contributed by atoms with Gasteiger partial charge in [-0.1, -0.05) is 22.0 Å². The van der Waals surface area contributed by atoms with Gasteiger partial charge in [-0.2, -0.15) is 0 Å². The first-order valence-electron chi connectivity index (χ1n) is 8.65. The highest BCUT2D eigenvalue weighted by atomic mass is 79.9. The summed E-state index contributed by atoms with van der Waals surface area (Å²) in [5.41, 5.74) is 0.183. The SMILES string of the molecule is O=C1NC(=O)N(c2cccc(Br)c2)C(=O)/C1=C/c1cc(Br)c(N2CCCC2)o1. The van der Waals surface area contributed by atoms with Gasteiger partial charge in [0.2, 0.25) is 5.88 Å². The first-order chi connectivity index (χ1) is 13.4. The maximum Gasteiger partial charge on any atom is 0.335 e. The molecule has 0 spiro atoms. The lowest BCUT2D eigenvalue weighted by atomic mass is 10.1. The molecule has 1 N–H and O–H groups in total. The minimum absolute atomic E-state index is 0.172. The molecule has 2 fully saturated rings. The molecule has 4 rings (SSSR count). The summed E-state index contributed by atoms with van der Waals surface area (Å²) in [5.74, 6) is -0.428. The number of anilines is 2. The number of hydrogen-bond donors (Lipinski definition) is 1. The van der Waals surface area contributed by atoms with Crippen LogP contribution in [-0.4, -0.2) is 30.9 Å². The van der Waals surface area contributed by atoms with Crippen LogP contribution in [0.5, 0.6) is 0 Å². The van der Waals surface area contributed by atoms with Gasteiger partial charge in [0.05, 0.1) is 10.2 Å². The summed E-state index contributed by atoms with van der Waals surface area (Å²) in [7, 11) is 0. The third-order valence-electron chi connectivity index (χ3n) is 4.54. The van der Waals surface area contributed by atoms with Crippen LogP contribution in [0, 0.1) is 0 Å². The number of barbiturate groups is 1. The van der Waals surface area contributed by atoms with Gasteiger partial charge in [-0.15, -0.1) is 0 Å². The van der Waals surface area contributed by atoms with Crippen LogP contribution in [-0.2, 0) is 9.59 Å². The van der Waals surface area contributed by atoms with Gasteiger partial charge >= 0.3 is 6.03 Å². The van der Waals surface area contributed by atoms with Crippen LogP contribution in [0.3, 0.4) is 0 Å². The Morgan fingerprint density at radius 2 is 1.82 bits per heavy atom. The molecule has 28 heavy (non-hydrogen) atoms. The number of rotatable bonds is 3. The predicted molar refractivity (Wildman–Crippen MR) is 111 cm³/mol. The standard InChI is InChI=1S/C19H15Br2N3O4/c20-11-4-3-5-12(8-11)24-17(26)14(16(25)22-19(24)27)9-13-10-15(21)18(28-13)23-6-1-2-7-23/h3-5,8-10H,1-2,6-7H2,(H,22,25,27)/b14-9+. The van der Waals surface area contributed by atoms with E-state index < -0.39 is 17.8 Å². The molecule has 9 heteroatoms. The van der Waals surface area contributed by atoms with Gasteiger partial charge in [0.15, 0.2) is 0 Å². The Morgan fingerprint density at radius 1 is 1.07 bits per heavy atom. The van der Waals surface area contributed by atoms with E-state index in [0.29, 0.717) is 21.8 Å². The number of imide groups is 2. The van der Waals surface area contributed by atoms with Crippen molar-refractivity contribution in [3.05, 3.63) is 50.6 Å². The molecule has 0 bridgehead atoms. The van der Waals surface area contributed by atoms with Crippen molar-refractivity contribution in [2.45, 2.75) is 12.8 Å². The number of halogens is 2. The Hall–Kier alpha value is -2.39. The molecule has 1 aromatic heterocycles. The van der Waals surface area contributed by atoms with Crippen molar-refractivity contribution in [3.8, 4) is 0 Å². The molecule has 4 amide bonds. The number of nitrogens with one attached hydrogen (secondary N) is 1. The first kappa shape index (κ1) is 18.9. The molecular weight excluding hydrogens is 494 g/mol. The van der Waals surface area contributed by atoms with Crippen LogP contribution in [0.25, 0.3) is 6.08 Å². The van der Waals surface area contributed by atoms with Crippen LogP contribution in [0.2, 0.25) is 0 Å². The quantitative estimate of drug-likeness (QED) is 0.499. The van der Waals surface area contributed by atoms with Crippen molar-refractivity contribution in [1.82, 2.24) is 5.32 Å². The fourth-order valence-electron chi connectivity index (χ4n) is 3.23. The van der Waals surface area contributed by atoms with E-state index >= 15 is 0 Å². The number of furan rings is 1. The predicted octanol–water partition coefficient (Wildman–Crippen LogP) is 4.07. The van der Waals surface area contributed by atoms with Gasteiger partial charge in [-0.25, -0.2) is 9.69 Å². The Labute approximate surface area is 177 Å². The molecule has 0 atom stereocenters. The monoisotopic (exact) mass is 507 g/mol. The summed E-state index contributed by atoms with van der Waals surface area (Å²) in [6.45, 7) is 1.79. The maximum atomic E-state index is 12.9. The average molecular weight is 509 g/mol. The van der Waals surface area contributed by atoms with E-state index in [1.807, 2.05) is 0 Å². The largest absolute Gasteiger partial charge is 0.440 e. The van der Waals surface area contributed by atoms with E-state index in [9.17, 15) is 14.4 Å². The fourth-order valence-corrected chi connectivity index (χ4v) is 4.18. The van der Waals surface area contributed by atoms with Crippen molar-refractivity contribution in [2.75, 3.05) is 22.9 Å². The van der Waals surface area contributed by atoms with Crippen molar-refractivity contribution < 1.29 is 18.8 Å². The van der Waals surface area contributed by atoms with Crippen molar-refractivity contribution >= 4 is 67.4 Å². The third-order valence-corrected chi connectivity index (χ3v) is 5.60. The summed E-state index contributed by atoms with van der Waals surface area (Å²) in [6, 6.07) is 7.64. The molecule has 3 heterocycles. The summed E-state index contributed by atoms with van der Waals surface area (Å²) in [5, 5.41) is 2.20. The summed E-state index contributed by atoms with van der Waals surface area (Å²) in [4.78, 5) is 40.5. The fraction of sp³-hybridized carbons (Fsp3) is 0.211. The van der Waals surface area contributed by atoms with E-state index in [4.69, 9.17) is 4.42 Å². The van der Waals surface area contributed by atoms with Crippen LogP contribution in [0.15, 0.2) is 49.3 Å². The van der Waals surface area contributed by atoms with Gasteiger partial charge in [0.1, 0.15) is 11.3 Å². The van der Waals surface area contributed by atoms with Crippen LogP contribution >= 0.6 is 31.9 Å². The third kappa shape index (κ3) is 3.51. The van der Waals surface area contributed by atoms with Crippen LogP contribution in [0.4, 0.5) is 16.4 Å². The molecule has 2 aliphatic rings. The normalized spacial score (nSPS) is 18.9. The molecule has 2 saturated heterocycles. The summed E-state index contributed by atoms with van der Waals surface area (Å²) in [6.07, 6.45) is 3.54. The number of benzene rings is 1. The number of amides is 4. The highest BCUT2D eigenvalue weighted by Gasteiger charge is 2.37. The Kier molecular flexibility index (Phi) is 5.11. The molecular formula is C19H15Br2N3O4. The number of hydrogen-bond acceptors (Lipinski definition) is 5. The Morgan fingerprint density at radius 3 is 2.54 bits per heavy atom. The molecule has 144 valence electrons. The van der Waals surface area contributed by atoms with Gasteiger partial charge < -0.3 is 9.32 Å². The van der Waals surface area contributed by atoms with Crippen LogP contribution in [0.1, 0.15) is 18.6 Å². The minimum Gasteiger partial charge on any atom is -0.440 e. The minimum atomic E-state index is -0.788. The highest BCUT2D eigenvalue weighted by molar-refractivity contribution is 9.10. The number of nitrogens with zero attached hydrogens (tertiary/aromatic N) is 2. The smallest absolute Gasteiger partial charge is 0.335 e. The van der Waals surface area contributed by atoms with E-state index in [2.05, 4.69) is 42.1 Å². The van der Waals surface area contributed by atoms with Gasteiger partial charge in [-0.05, 0) is 53.0 Å². The molecule has 0 unspecified atom stereocenters. The summed E-state index contributed by atoms with van der Waals surface area (Å²) < 4.78 is 7.31. The average Bonchev–Trinajstić information content (AvgIpc) is 3.28. The second kappa shape index (κ2) is 7.56. The zero-order valence-corrected chi connectivity index (χ0v) is 17.7. The van der Waals surface area contributed by atoms with Gasteiger partial charge in [0.25, 0.3) is 11.8 Å². The molecule has 2 aromatic rings. The van der Waals surface area contributed by atoms with Crippen molar-refractivity contribution in [3.63, 3.8) is 0 Å². The lowest BCUT2D eigenvalue weighted by Gasteiger charge is -2.26. The summed E-state index contributed by atoms with van der Waals surface area (Å²) >= 11 is 6.78. The number of urea groups is 1. The first-order valence-corrected chi connectivity index (χ1v) is 10.2. The van der Waals surface area contributed by atoms with Gasteiger partial charge in [0, 0.05) is 23.6 Å². The van der Waals surface area contributed by atoms with Gasteiger partial charge in [-0.3, -0.25) is 14.9 Å². The van der Waals surface area contributed by atoms with E-state index in [1.165, 1.54) is 6.08 Å².